The second-order valence-corrected chi connectivity index (χ2v) is 7.64. The number of methoxy groups -OCH3 is 1. The molecule has 2 N–H and O–H groups in total. The molecule has 5 heteroatoms. The highest BCUT2D eigenvalue weighted by atomic mass is 16.5. The van der Waals surface area contributed by atoms with E-state index in [1.807, 2.05) is 43.3 Å². The van der Waals surface area contributed by atoms with Gasteiger partial charge < -0.3 is 14.5 Å². The van der Waals surface area contributed by atoms with Crippen LogP contribution in [0.25, 0.3) is 33.4 Å². The van der Waals surface area contributed by atoms with Crippen molar-refractivity contribution < 1.29 is 18.9 Å². The largest absolute Gasteiger partial charge is 0.465 e. The van der Waals surface area contributed by atoms with E-state index >= 15 is 0 Å². The quantitative estimate of drug-likeness (QED) is 0.227. The third-order valence-corrected chi connectivity index (χ3v) is 5.59. The maximum absolute atomic E-state index is 12.6. The van der Waals surface area contributed by atoms with Crippen LogP contribution in [0.3, 0.4) is 0 Å². The summed E-state index contributed by atoms with van der Waals surface area (Å²) in [5.41, 5.74) is 6.89. The Hall–Kier alpha value is -4.04. The Morgan fingerprint density at radius 1 is 1.12 bits per heavy atom. The Kier molecular flexibility index (Phi) is 5.70. The molecule has 0 aromatic heterocycles. The lowest BCUT2D eigenvalue weighted by atomic mass is 9.89. The fourth-order valence-corrected chi connectivity index (χ4v) is 4.07. The van der Waals surface area contributed by atoms with Crippen molar-refractivity contribution >= 4 is 22.6 Å². The zero-order valence-electron chi connectivity index (χ0n) is 18.6. The second kappa shape index (κ2) is 8.60. The average Bonchev–Trinajstić information content (AvgIpc) is 2.79. The van der Waals surface area contributed by atoms with Gasteiger partial charge in [-0.15, -0.1) is 0 Å². The number of nitrogens with one attached hydrogen (secondary N) is 2. The topological polar surface area (TPSA) is 65.4 Å². The van der Waals surface area contributed by atoms with Crippen molar-refractivity contribution in [3.8, 4) is 34.9 Å². The van der Waals surface area contributed by atoms with Crippen LogP contribution >= 0.6 is 0 Å². The first-order valence-corrected chi connectivity index (χ1v) is 10.5. The van der Waals surface area contributed by atoms with Crippen LogP contribution in [0.1, 0.15) is 28.4 Å². The Bertz CT molecular complexity index is 1420. The fraction of sp³-hybridized carbons (Fsp3) is 0.185. The number of terminal acetylenes is 1. The molecule has 2 aromatic carbocycles. The van der Waals surface area contributed by atoms with Crippen LogP contribution in [0.2, 0.25) is 0 Å². The summed E-state index contributed by atoms with van der Waals surface area (Å²) in [4.78, 5) is 15.5. The van der Waals surface area contributed by atoms with Crippen LogP contribution in [-0.4, -0.2) is 19.6 Å². The molecule has 0 radical (unpaired) electrons. The second-order valence-electron chi connectivity index (χ2n) is 7.64. The smallest absolute Gasteiger partial charge is 0.338 e. The number of anilines is 1. The van der Waals surface area contributed by atoms with E-state index in [-0.39, 0.29) is 5.97 Å². The molecule has 1 heterocycles. The van der Waals surface area contributed by atoms with Gasteiger partial charge in [0.15, 0.2) is 0 Å². The van der Waals surface area contributed by atoms with Crippen molar-refractivity contribution in [3.63, 3.8) is 0 Å². The predicted octanol–water partition coefficient (Wildman–Crippen LogP) is 3.61. The highest BCUT2D eigenvalue weighted by molar-refractivity contribution is 6.08. The predicted molar refractivity (Wildman–Crippen MR) is 126 cm³/mol. The number of ether oxygens (including phenoxy) is 1. The number of aryl methyl sites for hydroxylation is 2. The number of fused-ring (bicyclic) bond motifs is 2. The SMILES string of the molecule is C#C[NH+]=c1cc2oc3cc(NCC)c(C)cc3c(-c3ccccc3C(=O)OC)c-2cc1C. The first-order valence-electron chi connectivity index (χ1n) is 10.5. The van der Waals surface area contributed by atoms with E-state index in [2.05, 4.69) is 36.3 Å². The monoisotopic (exact) mass is 425 g/mol. The number of hydrogen-bond donors (Lipinski definition) is 2. The summed E-state index contributed by atoms with van der Waals surface area (Å²) in [5, 5.41) is 5.10. The number of carbonyl (C=O) groups is 1. The molecule has 0 spiro atoms. The van der Waals surface area contributed by atoms with Gasteiger partial charge in [0, 0.05) is 40.4 Å². The molecule has 160 valence electrons. The zero-order valence-corrected chi connectivity index (χ0v) is 18.6. The van der Waals surface area contributed by atoms with Gasteiger partial charge >= 0.3 is 5.97 Å². The van der Waals surface area contributed by atoms with Crippen molar-refractivity contribution in [2.45, 2.75) is 20.8 Å². The molecule has 0 saturated heterocycles. The summed E-state index contributed by atoms with van der Waals surface area (Å²) in [7, 11) is 1.39. The van der Waals surface area contributed by atoms with E-state index < -0.39 is 0 Å². The molecule has 0 amide bonds. The van der Waals surface area contributed by atoms with E-state index in [1.165, 1.54) is 7.11 Å². The summed E-state index contributed by atoms with van der Waals surface area (Å²) in [6.45, 7) is 6.90. The number of rotatable bonds is 4. The van der Waals surface area contributed by atoms with E-state index in [0.29, 0.717) is 16.9 Å². The van der Waals surface area contributed by atoms with E-state index in [4.69, 9.17) is 15.6 Å². The molecule has 2 aromatic rings. The van der Waals surface area contributed by atoms with Gasteiger partial charge in [-0.05, 0) is 56.5 Å². The Morgan fingerprint density at radius 2 is 1.91 bits per heavy atom. The Morgan fingerprint density at radius 3 is 2.62 bits per heavy atom. The van der Waals surface area contributed by atoms with Gasteiger partial charge in [0.25, 0.3) is 0 Å². The lowest BCUT2D eigenvalue weighted by molar-refractivity contribution is -0.396. The molecule has 0 fully saturated rings. The molecule has 0 atom stereocenters. The summed E-state index contributed by atoms with van der Waals surface area (Å²) < 4.78 is 11.4. The minimum absolute atomic E-state index is 0.383. The van der Waals surface area contributed by atoms with E-state index in [1.54, 1.807) is 6.07 Å². The molecular weight excluding hydrogens is 400 g/mol. The molecule has 0 unspecified atom stereocenters. The molecule has 0 bridgehead atoms. The maximum Gasteiger partial charge on any atom is 0.338 e. The van der Waals surface area contributed by atoms with Gasteiger partial charge in [-0.3, -0.25) is 0 Å². The first kappa shape index (κ1) is 21.2. The van der Waals surface area contributed by atoms with Crippen LogP contribution < -0.4 is 15.7 Å². The van der Waals surface area contributed by atoms with Gasteiger partial charge in [0.05, 0.1) is 18.7 Å². The third-order valence-electron chi connectivity index (χ3n) is 5.59. The number of carbonyl (C=O) groups excluding carboxylic acids is 1. The molecule has 1 aliphatic carbocycles. The highest BCUT2D eigenvalue weighted by Gasteiger charge is 2.23. The van der Waals surface area contributed by atoms with Crippen LogP contribution in [0.5, 0.6) is 0 Å². The zero-order chi connectivity index (χ0) is 22.8. The van der Waals surface area contributed by atoms with E-state index in [9.17, 15) is 4.79 Å². The Balaban J connectivity index is 2.20. The Labute approximate surface area is 187 Å². The van der Waals surface area contributed by atoms with E-state index in [0.717, 1.165) is 50.8 Å². The summed E-state index contributed by atoms with van der Waals surface area (Å²) in [6.07, 6.45) is 5.47. The van der Waals surface area contributed by atoms with Gasteiger partial charge in [-0.1, -0.05) is 18.2 Å². The molecule has 2 aliphatic rings. The molecule has 1 aliphatic heterocycles. The normalized spacial score (nSPS) is 11.5. The van der Waals surface area contributed by atoms with Gasteiger partial charge in [0.1, 0.15) is 11.3 Å². The van der Waals surface area contributed by atoms with Crippen molar-refractivity contribution in [1.82, 2.24) is 0 Å². The fourth-order valence-electron chi connectivity index (χ4n) is 4.07. The number of hydrogen-bond acceptors (Lipinski definition) is 4. The number of esters is 1. The third kappa shape index (κ3) is 3.61. The first-order chi connectivity index (χ1) is 15.5. The minimum atomic E-state index is -0.383. The van der Waals surface area contributed by atoms with Gasteiger partial charge in [-0.2, -0.15) is 4.99 Å². The number of benzene rings is 3. The molecule has 5 nitrogen and oxygen atoms in total. The molecular formula is C27H25N2O3+. The maximum atomic E-state index is 12.6. The van der Waals surface area contributed by atoms with Gasteiger partial charge in [-0.25, -0.2) is 4.79 Å². The molecule has 32 heavy (non-hydrogen) atoms. The van der Waals surface area contributed by atoms with Crippen LogP contribution in [-0.2, 0) is 4.74 Å². The highest BCUT2D eigenvalue weighted by Crippen LogP contribution is 2.42. The average molecular weight is 426 g/mol. The summed E-state index contributed by atoms with van der Waals surface area (Å²) >= 11 is 0. The van der Waals surface area contributed by atoms with Gasteiger partial charge in [0.2, 0.25) is 11.4 Å². The van der Waals surface area contributed by atoms with Crippen molar-refractivity contribution in [3.05, 3.63) is 70.6 Å². The van der Waals surface area contributed by atoms with Crippen LogP contribution in [0.4, 0.5) is 5.69 Å². The van der Waals surface area contributed by atoms with Crippen molar-refractivity contribution in [2.24, 2.45) is 0 Å². The lowest BCUT2D eigenvalue weighted by Crippen LogP contribution is -2.71. The van der Waals surface area contributed by atoms with Crippen molar-refractivity contribution in [1.29, 1.82) is 0 Å². The van der Waals surface area contributed by atoms with Crippen LogP contribution in [0.15, 0.2) is 52.9 Å². The summed E-state index contributed by atoms with van der Waals surface area (Å²) in [6, 6.07) is 18.0. The van der Waals surface area contributed by atoms with Crippen LogP contribution in [0, 0.1) is 26.3 Å². The van der Waals surface area contributed by atoms with Crippen molar-refractivity contribution in [2.75, 3.05) is 19.0 Å². The standard InChI is InChI=1S/C27H24N2O3/c1-6-28-22-14-24-20(12-16(22)3)26(18-10-8-9-11-19(18)27(30)31-5)21-13-17(4)23(29-7-2)15-25(21)32-24/h1,8-15,29H,7H2,2-5H3/p+1. The lowest BCUT2D eigenvalue weighted by Gasteiger charge is -2.19. The minimum Gasteiger partial charge on any atom is -0.465 e. The summed E-state index contributed by atoms with van der Waals surface area (Å²) in [5.74, 6) is 0.285. The molecule has 4 rings (SSSR count). The molecule has 0 saturated carbocycles.